The largest absolute Gasteiger partial charge is 0.295 e. The molecule has 9 heteroatoms. The summed E-state index contributed by atoms with van der Waals surface area (Å²) < 4.78 is 56.2. The van der Waals surface area contributed by atoms with Crippen LogP contribution in [0.2, 0.25) is 0 Å². The molecular weight excluding hydrogens is 436 g/mol. The molecule has 0 aliphatic carbocycles. The first kappa shape index (κ1) is 22.5. The van der Waals surface area contributed by atoms with Crippen LogP contribution >= 0.6 is 0 Å². The third-order valence-electron chi connectivity index (χ3n) is 4.58. The van der Waals surface area contributed by atoms with E-state index in [0.717, 1.165) is 5.56 Å². The second-order valence-electron chi connectivity index (χ2n) is 7.14. The molecule has 7 nitrogen and oxygen atoms in total. The Morgan fingerprint density at radius 1 is 0.742 bits per heavy atom. The molecule has 0 aromatic heterocycles. The number of nitrogens with one attached hydrogen (secondary N) is 2. The number of Topliss-reactive ketones (excluding diaryl/α,β-unsaturated/α-hetero) is 1. The van der Waals surface area contributed by atoms with Crippen LogP contribution < -0.4 is 9.44 Å². The molecule has 0 saturated carbocycles. The van der Waals surface area contributed by atoms with Gasteiger partial charge < -0.3 is 0 Å². The standard InChI is InChI=1S/C22H22N2O5S2/c1-15-6-4-8-19(12-15)23-30(26,27)21-11-10-16(2)22(14-21)24-31(28,29)20-9-5-7-18(13-20)17(3)25/h4-14,23-24H,1-3H3. The zero-order valence-corrected chi connectivity index (χ0v) is 18.8. The summed E-state index contributed by atoms with van der Waals surface area (Å²) >= 11 is 0. The van der Waals surface area contributed by atoms with Crippen molar-refractivity contribution >= 4 is 37.2 Å². The molecule has 0 fully saturated rings. The second kappa shape index (κ2) is 8.52. The Kier molecular flexibility index (Phi) is 6.19. The van der Waals surface area contributed by atoms with Gasteiger partial charge in [-0.1, -0.05) is 30.3 Å². The molecule has 0 heterocycles. The Morgan fingerprint density at radius 3 is 2.06 bits per heavy atom. The van der Waals surface area contributed by atoms with Gasteiger partial charge in [0, 0.05) is 11.3 Å². The van der Waals surface area contributed by atoms with Gasteiger partial charge in [-0.05, 0) is 68.3 Å². The predicted molar refractivity (Wildman–Crippen MR) is 120 cm³/mol. The fourth-order valence-corrected chi connectivity index (χ4v) is 5.13. The lowest BCUT2D eigenvalue weighted by Crippen LogP contribution is -2.16. The number of anilines is 2. The number of hydrogen-bond donors (Lipinski definition) is 2. The Hall–Kier alpha value is -3.17. The van der Waals surface area contributed by atoms with Crippen molar-refractivity contribution in [3.05, 3.63) is 83.4 Å². The third-order valence-corrected chi connectivity index (χ3v) is 7.33. The summed E-state index contributed by atoms with van der Waals surface area (Å²) in [7, 11) is -7.97. The first-order valence-corrected chi connectivity index (χ1v) is 12.3. The molecule has 0 saturated heterocycles. The Bertz CT molecular complexity index is 1360. The van der Waals surface area contributed by atoms with Crippen LogP contribution in [0.4, 0.5) is 11.4 Å². The minimum atomic E-state index is -4.04. The highest BCUT2D eigenvalue weighted by molar-refractivity contribution is 7.93. The zero-order valence-electron chi connectivity index (χ0n) is 17.2. The van der Waals surface area contributed by atoms with E-state index in [4.69, 9.17) is 0 Å². The molecule has 31 heavy (non-hydrogen) atoms. The predicted octanol–water partition coefficient (Wildman–Crippen LogP) is 4.11. The Morgan fingerprint density at radius 2 is 1.39 bits per heavy atom. The molecule has 0 unspecified atom stereocenters. The van der Waals surface area contributed by atoms with E-state index in [9.17, 15) is 21.6 Å². The van der Waals surface area contributed by atoms with Crippen molar-refractivity contribution in [1.29, 1.82) is 0 Å². The maximum absolute atomic E-state index is 12.8. The highest BCUT2D eigenvalue weighted by atomic mass is 32.2. The molecular formula is C22H22N2O5S2. The van der Waals surface area contributed by atoms with E-state index >= 15 is 0 Å². The van der Waals surface area contributed by atoms with Crippen molar-refractivity contribution in [3.8, 4) is 0 Å². The summed E-state index contributed by atoms with van der Waals surface area (Å²) in [6, 6.07) is 16.7. The number of rotatable bonds is 7. The molecule has 3 aromatic rings. The van der Waals surface area contributed by atoms with Gasteiger partial charge in [-0.3, -0.25) is 14.2 Å². The number of carbonyl (C=O) groups is 1. The molecule has 0 atom stereocenters. The van der Waals surface area contributed by atoms with Crippen LogP contribution in [0.1, 0.15) is 28.4 Å². The Labute approximate surface area is 182 Å². The van der Waals surface area contributed by atoms with E-state index < -0.39 is 20.0 Å². The fourth-order valence-electron chi connectivity index (χ4n) is 2.89. The number of sulfonamides is 2. The average molecular weight is 459 g/mol. The lowest BCUT2D eigenvalue weighted by atomic mass is 10.2. The molecule has 2 N–H and O–H groups in total. The third kappa shape index (κ3) is 5.31. The zero-order chi connectivity index (χ0) is 22.8. The minimum Gasteiger partial charge on any atom is -0.295 e. The molecule has 162 valence electrons. The molecule has 3 rings (SSSR count). The summed E-state index contributed by atoms with van der Waals surface area (Å²) in [4.78, 5) is 11.4. The lowest BCUT2D eigenvalue weighted by molar-refractivity contribution is 0.101. The number of ketones is 1. The first-order valence-electron chi connectivity index (χ1n) is 9.32. The molecule has 0 radical (unpaired) electrons. The summed E-state index contributed by atoms with van der Waals surface area (Å²) in [5, 5.41) is 0. The summed E-state index contributed by atoms with van der Waals surface area (Å²) in [6.07, 6.45) is 0. The van der Waals surface area contributed by atoms with Gasteiger partial charge in [0.2, 0.25) is 0 Å². The number of benzene rings is 3. The van der Waals surface area contributed by atoms with Crippen LogP contribution in [0.3, 0.4) is 0 Å². The van der Waals surface area contributed by atoms with Gasteiger partial charge in [0.1, 0.15) is 0 Å². The minimum absolute atomic E-state index is 0.0882. The number of aryl methyl sites for hydroxylation is 2. The smallest absolute Gasteiger partial charge is 0.261 e. The SMILES string of the molecule is CC(=O)c1cccc(S(=O)(=O)Nc2cc(S(=O)(=O)Nc3cccc(C)c3)ccc2C)c1. The number of carbonyl (C=O) groups excluding carboxylic acids is 1. The molecule has 0 bridgehead atoms. The topological polar surface area (TPSA) is 109 Å². The van der Waals surface area contributed by atoms with Crippen molar-refractivity contribution in [2.75, 3.05) is 9.44 Å². The summed E-state index contributed by atoms with van der Waals surface area (Å²) in [6.45, 7) is 4.85. The van der Waals surface area contributed by atoms with Gasteiger partial charge in [0.25, 0.3) is 20.0 Å². The van der Waals surface area contributed by atoms with Crippen molar-refractivity contribution in [3.63, 3.8) is 0 Å². The quantitative estimate of drug-likeness (QED) is 0.518. The maximum atomic E-state index is 12.8. The second-order valence-corrected chi connectivity index (χ2v) is 10.5. The van der Waals surface area contributed by atoms with Gasteiger partial charge >= 0.3 is 0 Å². The lowest BCUT2D eigenvalue weighted by Gasteiger charge is -2.14. The first-order chi connectivity index (χ1) is 14.5. The summed E-state index contributed by atoms with van der Waals surface area (Å²) in [5.41, 5.74) is 2.23. The van der Waals surface area contributed by atoms with E-state index in [1.54, 1.807) is 25.1 Å². The Balaban J connectivity index is 1.94. The molecule has 0 amide bonds. The van der Waals surface area contributed by atoms with Crippen LogP contribution in [-0.4, -0.2) is 22.6 Å². The average Bonchev–Trinajstić information content (AvgIpc) is 2.69. The van der Waals surface area contributed by atoms with Crippen molar-refractivity contribution in [2.24, 2.45) is 0 Å². The van der Waals surface area contributed by atoms with Crippen LogP contribution in [-0.2, 0) is 20.0 Å². The highest BCUT2D eigenvalue weighted by Gasteiger charge is 2.20. The molecule has 3 aromatic carbocycles. The maximum Gasteiger partial charge on any atom is 0.261 e. The van der Waals surface area contributed by atoms with Crippen molar-refractivity contribution in [2.45, 2.75) is 30.6 Å². The molecule has 0 aliphatic heterocycles. The van der Waals surface area contributed by atoms with E-state index in [1.807, 2.05) is 13.0 Å². The highest BCUT2D eigenvalue weighted by Crippen LogP contribution is 2.25. The van der Waals surface area contributed by atoms with Gasteiger partial charge in [-0.25, -0.2) is 16.8 Å². The van der Waals surface area contributed by atoms with E-state index in [1.165, 1.54) is 49.4 Å². The van der Waals surface area contributed by atoms with Gasteiger partial charge in [-0.15, -0.1) is 0 Å². The molecule has 0 spiro atoms. The monoisotopic (exact) mass is 458 g/mol. The number of hydrogen-bond acceptors (Lipinski definition) is 5. The van der Waals surface area contributed by atoms with Crippen LogP contribution in [0.25, 0.3) is 0 Å². The van der Waals surface area contributed by atoms with Crippen LogP contribution in [0.15, 0.2) is 76.5 Å². The normalized spacial score (nSPS) is 11.7. The van der Waals surface area contributed by atoms with Crippen molar-refractivity contribution < 1.29 is 21.6 Å². The van der Waals surface area contributed by atoms with Gasteiger partial charge in [0.15, 0.2) is 5.78 Å². The van der Waals surface area contributed by atoms with E-state index in [0.29, 0.717) is 11.3 Å². The van der Waals surface area contributed by atoms with Gasteiger partial charge in [-0.2, -0.15) is 0 Å². The van der Waals surface area contributed by atoms with E-state index in [2.05, 4.69) is 9.44 Å². The van der Waals surface area contributed by atoms with Crippen LogP contribution in [0, 0.1) is 13.8 Å². The van der Waals surface area contributed by atoms with Crippen molar-refractivity contribution in [1.82, 2.24) is 0 Å². The molecule has 0 aliphatic rings. The van der Waals surface area contributed by atoms with Gasteiger partial charge in [0.05, 0.1) is 15.5 Å². The van der Waals surface area contributed by atoms with E-state index in [-0.39, 0.29) is 26.8 Å². The summed E-state index contributed by atoms with van der Waals surface area (Å²) in [5.74, 6) is -0.261. The fraction of sp³-hybridized carbons (Fsp3) is 0.136. The van der Waals surface area contributed by atoms with Crippen LogP contribution in [0.5, 0.6) is 0 Å².